The highest BCUT2D eigenvalue weighted by molar-refractivity contribution is 6.02. The molecule has 6 nitrogen and oxygen atoms in total. The Hall–Kier alpha value is -2.83. The summed E-state index contributed by atoms with van der Waals surface area (Å²) in [6.07, 6.45) is 4.12. The Morgan fingerprint density at radius 2 is 1.83 bits per heavy atom. The SMILES string of the molecule is CC(Nc1ccc(NC(=O)c2ccn(C3CCCNC3)n2)cc1)c1ccccc1.Cl. The summed E-state index contributed by atoms with van der Waals surface area (Å²) in [6.45, 7) is 4.09. The maximum atomic E-state index is 12.5. The number of carbonyl (C=O) groups excluding carboxylic acids is 1. The fourth-order valence-electron chi connectivity index (χ4n) is 3.64. The van der Waals surface area contributed by atoms with Crippen molar-refractivity contribution in [3.05, 3.63) is 78.1 Å². The molecule has 2 heterocycles. The molecular weight excluding hydrogens is 398 g/mol. The molecular formula is C23H28ClN5O. The number of nitrogens with one attached hydrogen (secondary N) is 3. The van der Waals surface area contributed by atoms with E-state index in [9.17, 15) is 4.79 Å². The van der Waals surface area contributed by atoms with Gasteiger partial charge < -0.3 is 16.0 Å². The predicted molar refractivity (Wildman–Crippen MR) is 123 cm³/mol. The molecule has 1 saturated heterocycles. The molecule has 1 amide bonds. The minimum absolute atomic E-state index is 0. The Bertz CT molecular complexity index is 936. The van der Waals surface area contributed by atoms with Gasteiger partial charge in [0.15, 0.2) is 5.69 Å². The molecule has 3 N–H and O–H groups in total. The van der Waals surface area contributed by atoms with E-state index in [4.69, 9.17) is 0 Å². The lowest BCUT2D eigenvalue weighted by Crippen LogP contribution is -2.32. The van der Waals surface area contributed by atoms with Gasteiger partial charge in [-0.2, -0.15) is 5.10 Å². The van der Waals surface area contributed by atoms with Crippen LogP contribution in [0.2, 0.25) is 0 Å². The quantitative estimate of drug-likeness (QED) is 0.537. The van der Waals surface area contributed by atoms with Crippen molar-refractivity contribution in [3.63, 3.8) is 0 Å². The number of nitrogens with zero attached hydrogens (tertiary/aromatic N) is 2. The minimum Gasteiger partial charge on any atom is -0.379 e. The van der Waals surface area contributed by atoms with Crippen LogP contribution in [-0.4, -0.2) is 28.8 Å². The molecule has 1 aliphatic heterocycles. The Labute approximate surface area is 183 Å². The van der Waals surface area contributed by atoms with Gasteiger partial charge >= 0.3 is 0 Å². The summed E-state index contributed by atoms with van der Waals surface area (Å²) in [5.74, 6) is -0.189. The van der Waals surface area contributed by atoms with Crippen LogP contribution in [0, 0.1) is 0 Å². The van der Waals surface area contributed by atoms with Crippen molar-refractivity contribution < 1.29 is 4.79 Å². The van der Waals surface area contributed by atoms with Crippen LogP contribution in [0.1, 0.15) is 47.9 Å². The molecule has 3 aromatic rings. The van der Waals surface area contributed by atoms with E-state index in [-0.39, 0.29) is 24.4 Å². The molecule has 0 saturated carbocycles. The zero-order valence-electron chi connectivity index (χ0n) is 17.0. The van der Waals surface area contributed by atoms with Gasteiger partial charge in [-0.3, -0.25) is 9.48 Å². The third-order valence-electron chi connectivity index (χ3n) is 5.31. The van der Waals surface area contributed by atoms with Crippen molar-refractivity contribution in [1.82, 2.24) is 15.1 Å². The molecule has 1 aromatic heterocycles. The Morgan fingerprint density at radius 3 is 2.53 bits per heavy atom. The topological polar surface area (TPSA) is 71.0 Å². The van der Waals surface area contributed by atoms with E-state index in [2.05, 4.69) is 40.1 Å². The molecule has 158 valence electrons. The maximum absolute atomic E-state index is 12.5. The lowest BCUT2D eigenvalue weighted by atomic mass is 10.1. The summed E-state index contributed by atoms with van der Waals surface area (Å²) in [6, 6.07) is 20.4. The Kier molecular flexibility index (Phi) is 7.49. The van der Waals surface area contributed by atoms with Gasteiger partial charge in [-0.1, -0.05) is 30.3 Å². The summed E-state index contributed by atoms with van der Waals surface area (Å²) >= 11 is 0. The molecule has 30 heavy (non-hydrogen) atoms. The highest BCUT2D eigenvalue weighted by Crippen LogP contribution is 2.21. The van der Waals surface area contributed by atoms with Gasteiger partial charge in [0, 0.05) is 30.2 Å². The molecule has 1 fully saturated rings. The normalized spacial score (nSPS) is 16.9. The fourth-order valence-corrected chi connectivity index (χ4v) is 3.64. The Morgan fingerprint density at radius 1 is 1.10 bits per heavy atom. The van der Waals surface area contributed by atoms with Gasteiger partial charge in [0.05, 0.1) is 6.04 Å². The van der Waals surface area contributed by atoms with Crippen molar-refractivity contribution in [2.24, 2.45) is 0 Å². The number of hydrogen-bond acceptors (Lipinski definition) is 4. The van der Waals surface area contributed by atoms with Gasteiger partial charge in [0.2, 0.25) is 0 Å². The molecule has 2 unspecified atom stereocenters. The monoisotopic (exact) mass is 425 g/mol. The number of halogens is 1. The smallest absolute Gasteiger partial charge is 0.276 e. The third-order valence-corrected chi connectivity index (χ3v) is 5.31. The summed E-state index contributed by atoms with van der Waals surface area (Å²) < 4.78 is 1.90. The summed E-state index contributed by atoms with van der Waals surface area (Å²) in [4.78, 5) is 12.5. The summed E-state index contributed by atoms with van der Waals surface area (Å²) in [5, 5.41) is 14.3. The van der Waals surface area contributed by atoms with Crippen molar-refractivity contribution >= 4 is 29.7 Å². The van der Waals surface area contributed by atoms with Gasteiger partial charge in [-0.15, -0.1) is 12.4 Å². The van der Waals surface area contributed by atoms with Crippen molar-refractivity contribution in [3.8, 4) is 0 Å². The fraction of sp³-hybridized carbons (Fsp3) is 0.304. The molecule has 7 heteroatoms. The molecule has 1 aliphatic rings. The standard InChI is InChI=1S/C23H27N5O.ClH/c1-17(18-6-3-2-4-7-18)25-19-9-11-20(12-10-19)26-23(29)22-13-15-28(27-22)21-8-5-14-24-16-21;/h2-4,6-7,9-13,15,17,21,24-25H,5,8,14,16H2,1H3,(H,26,29);1H. The number of rotatable bonds is 6. The molecule has 0 aliphatic carbocycles. The van der Waals surface area contributed by atoms with Gasteiger partial charge in [-0.25, -0.2) is 0 Å². The highest BCUT2D eigenvalue weighted by atomic mass is 35.5. The second-order valence-corrected chi connectivity index (χ2v) is 7.49. The number of aromatic nitrogens is 2. The van der Waals surface area contributed by atoms with Crippen LogP contribution in [0.25, 0.3) is 0 Å². The van der Waals surface area contributed by atoms with Crippen LogP contribution in [0.15, 0.2) is 66.9 Å². The molecule has 0 radical (unpaired) electrons. The Balaban J connectivity index is 0.00000256. The number of piperidine rings is 1. The van der Waals surface area contributed by atoms with E-state index < -0.39 is 0 Å². The lowest BCUT2D eigenvalue weighted by molar-refractivity contribution is 0.102. The number of hydrogen-bond donors (Lipinski definition) is 3. The average Bonchev–Trinajstić information content (AvgIpc) is 3.27. The number of benzene rings is 2. The van der Waals surface area contributed by atoms with Crippen LogP contribution in [0.3, 0.4) is 0 Å². The number of amides is 1. The average molecular weight is 426 g/mol. The van der Waals surface area contributed by atoms with Crippen LogP contribution in [-0.2, 0) is 0 Å². The lowest BCUT2D eigenvalue weighted by Gasteiger charge is -2.22. The zero-order valence-corrected chi connectivity index (χ0v) is 17.9. The van der Waals surface area contributed by atoms with E-state index in [0.29, 0.717) is 11.7 Å². The number of carbonyl (C=O) groups is 1. The molecule has 0 bridgehead atoms. The first-order chi connectivity index (χ1) is 14.2. The second kappa shape index (κ2) is 10.3. The summed E-state index contributed by atoms with van der Waals surface area (Å²) in [5.41, 5.74) is 3.43. The van der Waals surface area contributed by atoms with E-state index in [1.807, 2.05) is 53.3 Å². The molecule has 2 atom stereocenters. The largest absolute Gasteiger partial charge is 0.379 e. The van der Waals surface area contributed by atoms with E-state index in [1.54, 1.807) is 6.07 Å². The van der Waals surface area contributed by atoms with E-state index >= 15 is 0 Å². The van der Waals surface area contributed by atoms with Crippen molar-refractivity contribution in [2.45, 2.75) is 31.8 Å². The van der Waals surface area contributed by atoms with Gasteiger partial charge in [-0.05, 0) is 62.2 Å². The predicted octanol–water partition coefficient (Wildman–Crippen LogP) is 4.65. The first-order valence-electron chi connectivity index (χ1n) is 10.2. The van der Waals surface area contributed by atoms with Crippen LogP contribution in [0.5, 0.6) is 0 Å². The zero-order chi connectivity index (χ0) is 20.1. The maximum Gasteiger partial charge on any atom is 0.276 e. The molecule has 2 aromatic carbocycles. The molecule has 0 spiro atoms. The van der Waals surface area contributed by atoms with Gasteiger partial charge in [0.25, 0.3) is 5.91 Å². The van der Waals surface area contributed by atoms with Crippen LogP contribution >= 0.6 is 12.4 Å². The minimum atomic E-state index is -0.189. The third kappa shape index (κ3) is 5.40. The van der Waals surface area contributed by atoms with E-state index in [1.165, 1.54) is 5.56 Å². The number of anilines is 2. The van der Waals surface area contributed by atoms with Gasteiger partial charge in [0.1, 0.15) is 0 Å². The van der Waals surface area contributed by atoms with Crippen molar-refractivity contribution in [2.75, 3.05) is 23.7 Å². The first kappa shape index (κ1) is 21.9. The van der Waals surface area contributed by atoms with Crippen LogP contribution in [0.4, 0.5) is 11.4 Å². The van der Waals surface area contributed by atoms with Crippen LogP contribution < -0.4 is 16.0 Å². The second-order valence-electron chi connectivity index (χ2n) is 7.49. The molecule has 4 rings (SSSR count). The first-order valence-corrected chi connectivity index (χ1v) is 10.2. The van der Waals surface area contributed by atoms with Crippen molar-refractivity contribution in [1.29, 1.82) is 0 Å². The summed E-state index contributed by atoms with van der Waals surface area (Å²) in [7, 11) is 0. The highest BCUT2D eigenvalue weighted by Gasteiger charge is 2.17. The van der Waals surface area contributed by atoms with E-state index in [0.717, 1.165) is 37.3 Å².